The zero-order valence-corrected chi connectivity index (χ0v) is 14.9. The van der Waals surface area contributed by atoms with Gasteiger partial charge < -0.3 is 15.8 Å². The van der Waals surface area contributed by atoms with Gasteiger partial charge in [-0.05, 0) is 37.1 Å². The molecule has 0 heterocycles. The minimum Gasteiger partial charge on any atom is -0.489 e. The number of nitrogens with two attached hydrogens (primary N) is 1. The Labute approximate surface area is 149 Å². The lowest BCUT2D eigenvalue weighted by molar-refractivity contribution is -0.129. The Morgan fingerprint density at radius 3 is 2.25 bits per heavy atom. The van der Waals surface area contributed by atoms with E-state index in [1.54, 1.807) is 0 Å². The maximum Gasteiger partial charge on any atom is 0.227 e. The molecule has 2 aromatic carbocycles. The maximum atomic E-state index is 12.0. The van der Waals surface area contributed by atoms with E-state index in [2.05, 4.69) is 5.32 Å². The van der Waals surface area contributed by atoms with Gasteiger partial charge in [0.1, 0.15) is 12.4 Å². The lowest BCUT2D eigenvalue weighted by Gasteiger charge is -2.21. The minimum atomic E-state index is -0.543. The molecule has 0 aliphatic heterocycles. The normalized spacial score (nSPS) is 10.6. The van der Waals surface area contributed by atoms with E-state index in [4.69, 9.17) is 10.5 Å². The average molecular weight is 349 g/mol. The van der Waals surface area contributed by atoms with E-state index >= 15 is 0 Å². The summed E-state index contributed by atoms with van der Waals surface area (Å²) in [5.74, 6) is 0.774. The summed E-state index contributed by atoms with van der Waals surface area (Å²) in [5.41, 5.74) is 7.22. The van der Waals surface area contributed by atoms with Gasteiger partial charge >= 0.3 is 0 Å². The van der Waals surface area contributed by atoms with Crippen LogP contribution in [0.15, 0.2) is 54.6 Å². The first kappa shape index (κ1) is 20.0. The summed E-state index contributed by atoms with van der Waals surface area (Å²) >= 11 is 0. The van der Waals surface area contributed by atoms with Crippen LogP contribution in [-0.2, 0) is 17.9 Å². The van der Waals surface area contributed by atoms with Crippen LogP contribution in [0, 0.1) is 5.41 Å². The van der Waals surface area contributed by atoms with Crippen molar-refractivity contribution in [3.8, 4) is 5.75 Å². The molecule has 0 bridgehead atoms. The highest BCUT2D eigenvalue weighted by molar-refractivity contribution is 5.85. The van der Waals surface area contributed by atoms with Crippen LogP contribution in [0.3, 0.4) is 0 Å². The molecule has 2 rings (SSSR count). The predicted octanol–water partition coefficient (Wildman–Crippen LogP) is 3.29. The standard InChI is InChI=1S/C19H24N2O2.ClH/c1-19(2,14-20)18(22)21-12-15-8-10-17(11-9-15)23-13-16-6-4-3-5-7-16;/h3-11H,12-14,20H2,1-2H3,(H,21,22);1H. The van der Waals surface area contributed by atoms with Crippen molar-refractivity contribution in [1.82, 2.24) is 5.32 Å². The van der Waals surface area contributed by atoms with Crippen LogP contribution in [0.2, 0.25) is 0 Å². The first-order valence-electron chi connectivity index (χ1n) is 7.75. The number of carbonyl (C=O) groups excluding carboxylic acids is 1. The summed E-state index contributed by atoms with van der Waals surface area (Å²) in [5, 5.41) is 2.91. The quantitative estimate of drug-likeness (QED) is 0.807. The molecule has 3 N–H and O–H groups in total. The van der Waals surface area contributed by atoms with Crippen molar-refractivity contribution >= 4 is 18.3 Å². The van der Waals surface area contributed by atoms with Gasteiger partial charge in [-0.15, -0.1) is 12.4 Å². The molecular weight excluding hydrogens is 324 g/mol. The molecular formula is C19H25ClN2O2. The fourth-order valence-corrected chi connectivity index (χ4v) is 1.96. The van der Waals surface area contributed by atoms with Crippen LogP contribution in [0.25, 0.3) is 0 Å². The first-order chi connectivity index (χ1) is 11.0. The summed E-state index contributed by atoms with van der Waals surface area (Å²) in [4.78, 5) is 12.0. The Balaban J connectivity index is 0.00000288. The third-order valence-electron chi connectivity index (χ3n) is 3.75. The second-order valence-electron chi connectivity index (χ2n) is 6.19. The highest BCUT2D eigenvalue weighted by Gasteiger charge is 2.25. The number of rotatable bonds is 7. The SMILES string of the molecule is CC(C)(CN)C(=O)NCc1ccc(OCc2ccccc2)cc1.Cl. The summed E-state index contributed by atoms with van der Waals surface area (Å²) in [7, 11) is 0. The number of nitrogens with one attached hydrogen (secondary N) is 1. The molecule has 24 heavy (non-hydrogen) atoms. The van der Waals surface area contributed by atoms with Gasteiger partial charge in [0.05, 0.1) is 5.41 Å². The fraction of sp³-hybridized carbons (Fsp3) is 0.316. The van der Waals surface area contributed by atoms with Gasteiger partial charge in [-0.1, -0.05) is 42.5 Å². The number of hydrogen-bond donors (Lipinski definition) is 2. The Bertz CT molecular complexity index is 628. The minimum absolute atomic E-state index is 0. The van der Waals surface area contributed by atoms with Crippen LogP contribution in [0.1, 0.15) is 25.0 Å². The molecule has 0 radical (unpaired) electrons. The maximum absolute atomic E-state index is 12.0. The van der Waals surface area contributed by atoms with Gasteiger partial charge in [0.2, 0.25) is 5.91 Å². The van der Waals surface area contributed by atoms with Crippen LogP contribution in [0.4, 0.5) is 0 Å². The van der Waals surface area contributed by atoms with E-state index in [9.17, 15) is 4.79 Å². The highest BCUT2D eigenvalue weighted by atomic mass is 35.5. The molecule has 0 fully saturated rings. The molecule has 0 atom stereocenters. The van der Waals surface area contributed by atoms with E-state index in [0.29, 0.717) is 19.7 Å². The number of ether oxygens (including phenoxy) is 1. The summed E-state index contributed by atoms with van der Waals surface area (Å²) in [6.45, 7) is 5.03. The van der Waals surface area contributed by atoms with E-state index < -0.39 is 5.41 Å². The number of hydrogen-bond acceptors (Lipinski definition) is 3. The lowest BCUT2D eigenvalue weighted by Crippen LogP contribution is -2.41. The van der Waals surface area contributed by atoms with Crippen molar-refractivity contribution < 1.29 is 9.53 Å². The Kier molecular flexibility index (Phi) is 7.75. The number of amides is 1. The molecule has 1 amide bonds. The zero-order valence-electron chi connectivity index (χ0n) is 14.1. The molecule has 5 heteroatoms. The number of benzene rings is 2. The molecule has 0 aromatic heterocycles. The van der Waals surface area contributed by atoms with E-state index in [1.165, 1.54) is 0 Å². The van der Waals surface area contributed by atoms with E-state index in [1.807, 2.05) is 68.4 Å². The van der Waals surface area contributed by atoms with E-state index in [-0.39, 0.29) is 18.3 Å². The van der Waals surface area contributed by atoms with Gasteiger partial charge in [0.15, 0.2) is 0 Å². The summed E-state index contributed by atoms with van der Waals surface area (Å²) in [6.07, 6.45) is 0. The fourth-order valence-electron chi connectivity index (χ4n) is 1.96. The molecule has 130 valence electrons. The van der Waals surface area contributed by atoms with Crippen LogP contribution in [0.5, 0.6) is 5.75 Å². The van der Waals surface area contributed by atoms with Gasteiger partial charge in [-0.3, -0.25) is 4.79 Å². The van der Waals surface area contributed by atoms with Crippen LogP contribution in [-0.4, -0.2) is 12.5 Å². The van der Waals surface area contributed by atoms with Gasteiger partial charge in [-0.25, -0.2) is 0 Å². The lowest BCUT2D eigenvalue weighted by atomic mass is 9.92. The Hall–Kier alpha value is -2.04. The molecule has 0 spiro atoms. The summed E-state index contributed by atoms with van der Waals surface area (Å²) < 4.78 is 5.74. The van der Waals surface area contributed by atoms with Crippen LogP contribution < -0.4 is 15.8 Å². The van der Waals surface area contributed by atoms with Crippen molar-refractivity contribution in [1.29, 1.82) is 0 Å². The monoisotopic (exact) mass is 348 g/mol. The Morgan fingerprint density at radius 2 is 1.67 bits per heavy atom. The topological polar surface area (TPSA) is 64.4 Å². The Morgan fingerprint density at radius 1 is 1.04 bits per heavy atom. The molecule has 0 saturated carbocycles. The van der Waals surface area contributed by atoms with Crippen molar-refractivity contribution in [2.45, 2.75) is 27.0 Å². The van der Waals surface area contributed by atoms with Crippen LogP contribution >= 0.6 is 12.4 Å². The second kappa shape index (κ2) is 9.30. The van der Waals surface area contributed by atoms with E-state index in [0.717, 1.165) is 16.9 Å². The second-order valence-corrected chi connectivity index (χ2v) is 6.19. The zero-order chi connectivity index (χ0) is 16.7. The number of carbonyl (C=O) groups is 1. The number of halogens is 1. The van der Waals surface area contributed by atoms with Crippen molar-refractivity contribution in [3.05, 3.63) is 65.7 Å². The third-order valence-corrected chi connectivity index (χ3v) is 3.75. The largest absolute Gasteiger partial charge is 0.489 e. The molecule has 0 aliphatic rings. The molecule has 0 aliphatic carbocycles. The first-order valence-corrected chi connectivity index (χ1v) is 7.75. The highest BCUT2D eigenvalue weighted by Crippen LogP contribution is 2.16. The molecule has 0 saturated heterocycles. The average Bonchev–Trinajstić information content (AvgIpc) is 2.59. The smallest absolute Gasteiger partial charge is 0.227 e. The molecule has 0 unspecified atom stereocenters. The van der Waals surface area contributed by atoms with Crippen molar-refractivity contribution in [3.63, 3.8) is 0 Å². The van der Waals surface area contributed by atoms with Gasteiger partial charge in [0, 0.05) is 13.1 Å². The van der Waals surface area contributed by atoms with Gasteiger partial charge in [0.25, 0.3) is 0 Å². The van der Waals surface area contributed by atoms with Crippen molar-refractivity contribution in [2.24, 2.45) is 11.1 Å². The van der Waals surface area contributed by atoms with Gasteiger partial charge in [-0.2, -0.15) is 0 Å². The molecule has 2 aromatic rings. The predicted molar refractivity (Wildman–Crippen MR) is 99.1 cm³/mol. The summed E-state index contributed by atoms with van der Waals surface area (Å²) in [6, 6.07) is 17.8. The third kappa shape index (κ3) is 5.87. The molecule has 4 nitrogen and oxygen atoms in total. The van der Waals surface area contributed by atoms with Crippen molar-refractivity contribution in [2.75, 3.05) is 6.54 Å².